The van der Waals surface area contributed by atoms with Gasteiger partial charge in [-0.3, -0.25) is 0 Å². The highest BCUT2D eigenvalue weighted by Crippen LogP contribution is 1.95. The molecule has 0 aliphatic carbocycles. The zero-order valence-corrected chi connectivity index (χ0v) is 16.9. The van der Waals surface area contributed by atoms with Crippen molar-refractivity contribution in [2.75, 3.05) is 0 Å². The van der Waals surface area contributed by atoms with Crippen LogP contribution in [0.3, 0.4) is 0 Å². The summed E-state index contributed by atoms with van der Waals surface area (Å²) < 4.78 is 19.9. The largest absolute Gasteiger partial charge is 0.387 e. The number of esters is 10. The maximum atomic E-state index is 9.92. The predicted molar refractivity (Wildman–Crippen MR) is 101 cm³/mol. The summed E-state index contributed by atoms with van der Waals surface area (Å²) in [5.41, 5.74) is 0. The van der Waals surface area contributed by atoms with Crippen molar-refractivity contribution in [3.8, 4) is 0 Å². The molecule has 0 aromatic carbocycles. The van der Waals surface area contributed by atoms with Crippen LogP contribution < -0.4 is 0 Å². The van der Waals surface area contributed by atoms with Crippen molar-refractivity contribution in [2.24, 2.45) is 0 Å². The number of rotatable bonds is 0. The first-order chi connectivity index (χ1) is 16.4. The summed E-state index contributed by atoms with van der Waals surface area (Å²) in [5.74, 6) is -5.79. The molecule has 0 fully saturated rings. The topological polar surface area (TPSA) is 217 Å². The van der Waals surface area contributed by atoms with Crippen molar-refractivity contribution in [1.82, 2.24) is 0 Å². The van der Waals surface area contributed by atoms with Gasteiger partial charge in [-0.05, 0) is 0 Å². The Morgan fingerprint density at radius 3 is 0.343 bits per heavy atom. The third-order valence-electron chi connectivity index (χ3n) is 2.78. The first-order valence-electron chi connectivity index (χ1n) is 8.64. The molecule has 0 radical (unpaired) electrons. The van der Waals surface area contributed by atoms with E-state index in [0.717, 1.165) is 60.8 Å². The first-order valence-corrected chi connectivity index (χ1v) is 8.64. The molecule has 15 nitrogen and oxygen atoms in total. The number of ether oxygens (including phenoxy) is 5. The van der Waals surface area contributed by atoms with Crippen LogP contribution in [0, 0.1) is 0 Å². The molecule has 5 aliphatic heterocycles. The van der Waals surface area contributed by atoms with Gasteiger partial charge in [0.05, 0.1) is 0 Å². The van der Waals surface area contributed by atoms with Crippen LogP contribution in [0.1, 0.15) is 0 Å². The smallest absolute Gasteiger partial charge is 0.338 e. The van der Waals surface area contributed by atoms with E-state index < -0.39 is 59.7 Å². The predicted octanol–water partition coefficient (Wildman–Crippen LogP) is -1.87. The highest BCUT2D eigenvalue weighted by atomic mass is 16.6. The average molecular weight is 490 g/mol. The van der Waals surface area contributed by atoms with Crippen LogP contribution in [0.15, 0.2) is 60.8 Å². The third kappa shape index (κ3) is 12.8. The second-order valence-electron chi connectivity index (χ2n) is 5.37. The Balaban J connectivity index is 0.000000219. The lowest BCUT2D eigenvalue weighted by atomic mass is 10.6. The molecule has 0 unspecified atom stereocenters. The molecule has 0 saturated heterocycles. The van der Waals surface area contributed by atoms with Gasteiger partial charge in [0.1, 0.15) is 0 Å². The molecule has 0 spiro atoms. The van der Waals surface area contributed by atoms with Gasteiger partial charge < -0.3 is 23.7 Å². The van der Waals surface area contributed by atoms with Crippen molar-refractivity contribution in [2.45, 2.75) is 0 Å². The number of hydrogen-bond donors (Lipinski definition) is 0. The highest BCUT2D eigenvalue weighted by Gasteiger charge is 2.12. The molecule has 0 aromatic rings. The van der Waals surface area contributed by atoms with Crippen molar-refractivity contribution in [3.05, 3.63) is 60.8 Å². The van der Waals surface area contributed by atoms with Gasteiger partial charge in [-0.2, -0.15) is 0 Å². The number of carbonyl (C=O) groups is 10. The Hall–Kier alpha value is -5.60. The molecule has 0 aromatic heterocycles. The lowest BCUT2D eigenvalue weighted by Gasteiger charge is -1.80. The van der Waals surface area contributed by atoms with E-state index in [2.05, 4.69) is 23.7 Å². The van der Waals surface area contributed by atoms with Gasteiger partial charge in [0, 0.05) is 60.8 Å². The molecule has 0 saturated carbocycles. The van der Waals surface area contributed by atoms with Gasteiger partial charge in [-0.15, -0.1) is 0 Å². The summed E-state index contributed by atoms with van der Waals surface area (Å²) in [5, 5.41) is 0. The van der Waals surface area contributed by atoms with E-state index in [4.69, 9.17) is 0 Å². The molecule has 0 bridgehead atoms. The SMILES string of the molecule is O=C1C=CC(=O)O1.O=C1C=CC(=O)O1.O=C1C=CC(=O)O1.O=C1C=CC(=O)O1.O=C1C=CC(=O)O1. The summed E-state index contributed by atoms with van der Waals surface area (Å²) in [4.78, 5) is 99.2. The summed E-state index contributed by atoms with van der Waals surface area (Å²) in [7, 11) is 0. The number of carbonyl (C=O) groups excluding carboxylic acids is 10. The van der Waals surface area contributed by atoms with Crippen LogP contribution in [0.5, 0.6) is 0 Å². The molecule has 5 heterocycles. The van der Waals surface area contributed by atoms with Gasteiger partial charge >= 0.3 is 59.7 Å². The van der Waals surface area contributed by atoms with Gasteiger partial charge in [0.2, 0.25) is 0 Å². The Morgan fingerprint density at radius 2 is 0.314 bits per heavy atom. The monoisotopic (exact) mass is 490 g/mol. The zero-order valence-electron chi connectivity index (χ0n) is 16.9. The quantitative estimate of drug-likeness (QED) is 0.206. The van der Waals surface area contributed by atoms with Crippen molar-refractivity contribution in [1.29, 1.82) is 0 Å². The molecule has 0 amide bonds. The molecular weight excluding hydrogens is 480 g/mol. The Bertz CT molecular complexity index is 854. The van der Waals surface area contributed by atoms with Crippen LogP contribution in [0.4, 0.5) is 0 Å². The van der Waals surface area contributed by atoms with Crippen molar-refractivity contribution in [3.63, 3.8) is 0 Å². The minimum absolute atomic E-state index is 0.579. The van der Waals surface area contributed by atoms with Gasteiger partial charge in [0.25, 0.3) is 0 Å². The normalized spacial score (nSPS) is 17.7. The molecule has 0 N–H and O–H groups in total. The fourth-order valence-electron chi connectivity index (χ4n) is 1.52. The average Bonchev–Trinajstić information content (AvgIpc) is 3.59. The number of hydrogen-bond acceptors (Lipinski definition) is 15. The third-order valence-corrected chi connectivity index (χ3v) is 2.78. The Kier molecular flexibility index (Phi) is 10.8. The summed E-state index contributed by atoms with van der Waals surface area (Å²) in [6.07, 6.45) is 10.9. The summed E-state index contributed by atoms with van der Waals surface area (Å²) in [6, 6.07) is 0. The number of cyclic esters (lactones) is 10. The van der Waals surface area contributed by atoms with Gasteiger partial charge in [-0.25, -0.2) is 47.9 Å². The van der Waals surface area contributed by atoms with Crippen molar-refractivity contribution >= 4 is 59.7 Å². The van der Waals surface area contributed by atoms with E-state index in [1.165, 1.54) is 0 Å². The van der Waals surface area contributed by atoms with E-state index in [-0.39, 0.29) is 0 Å². The van der Waals surface area contributed by atoms with Crippen LogP contribution >= 0.6 is 0 Å². The van der Waals surface area contributed by atoms with Crippen LogP contribution in [-0.4, -0.2) is 59.7 Å². The van der Waals surface area contributed by atoms with E-state index in [1.807, 2.05) is 0 Å². The van der Waals surface area contributed by atoms with Crippen LogP contribution in [-0.2, 0) is 71.6 Å². The summed E-state index contributed by atoms with van der Waals surface area (Å²) in [6.45, 7) is 0. The van der Waals surface area contributed by atoms with Crippen LogP contribution in [0.25, 0.3) is 0 Å². The van der Waals surface area contributed by atoms with E-state index >= 15 is 0 Å². The fraction of sp³-hybridized carbons (Fsp3) is 0. The first kappa shape index (κ1) is 27.4. The Morgan fingerprint density at radius 1 is 0.229 bits per heavy atom. The van der Waals surface area contributed by atoms with E-state index in [1.54, 1.807) is 0 Å². The lowest BCUT2D eigenvalue weighted by Crippen LogP contribution is -1.96. The summed E-state index contributed by atoms with van der Waals surface area (Å²) >= 11 is 0. The molecule has 180 valence electrons. The van der Waals surface area contributed by atoms with Crippen molar-refractivity contribution < 1.29 is 71.6 Å². The molecule has 35 heavy (non-hydrogen) atoms. The maximum absolute atomic E-state index is 9.92. The Labute approximate surface area is 192 Å². The highest BCUT2D eigenvalue weighted by molar-refractivity contribution is 6.06. The minimum atomic E-state index is -0.579. The lowest BCUT2D eigenvalue weighted by molar-refractivity contribution is -0.151. The molecule has 0 atom stereocenters. The second-order valence-corrected chi connectivity index (χ2v) is 5.37. The fourth-order valence-corrected chi connectivity index (χ4v) is 1.52. The van der Waals surface area contributed by atoms with Gasteiger partial charge in [0.15, 0.2) is 0 Å². The maximum Gasteiger partial charge on any atom is 0.338 e. The van der Waals surface area contributed by atoms with Gasteiger partial charge in [-0.1, -0.05) is 0 Å². The molecular formula is C20H10O15. The molecule has 5 aliphatic rings. The van der Waals surface area contributed by atoms with Crippen LogP contribution in [0.2, 0.25) is 0 Å². The minimum Gasteiger partial charge on any atom is -0.387 e. The molecule has 15 heteroatoms. The zero-order chi connectivity index (χ0) is 26.4. The second kappa shape index (κ2) is 13.7. The van der Waals surface area contributed by atoms with E-state index in [9.17, 15) is 47.9 Å². The van der Waals surface area contributed by atoms with E-state index in [0.29, 0.717) is 0 Å². The standard InChI is InChI=1S/5C4H2O3/c5*5-3-1-2-4(6)7-3/h5*1-2H. The molecule has 5 rings (SSSR count).